The third kappa shape index (κ3) is 4.34. The lowest BCUT2D eigenvalue weighted by molar-refractivity contribution is -0.128. The number of ether oxygens (including phenoxy) is 1. The van der Waals surface area contributed by atoms with Gasteiger partial charge in [-0.05, 0) is 23.3 Å². The van der Waals surface area contributed by atoms with Gasteiger partial charge in [0.25, 0.3) is 0 Å². The van der Waals surface area contributed by atoms with Crippen molar-refractivity contribution in [1.29, 1.82) is 0 Å². The molecule has 170 valence electrons. The zero-order valence-electron chi connectivity index (χ0n) is 17.5. The lowest BCUT2D eigenvalue weighted by atomic mass is 9.91. The minimum absolute atomic E-state index is 0.00502. The van der Waals surface area contributed by atoms with Crippen LogP contribution in [0.4, 0.5) is 8.78 Å². The van der Waals surface area contributed by atoms with Crippen LogP contribution in [0.3, 0.4) is 0 Å². The van der Waals surface area contributed by atoms with Crippen molar-refractivity contribution >= 4 is 34.2 Å². The Bertz CT molecular complexity index is 1270. The molecule has 1 unspecified atom stereocenters. The number of hydrogen-bond acceptors (Lipinski definition) is 5. The fraction of sp³-hybridized carbons (Fsp3) is 0.208. The van der Waals surface area contributed by atoms with Gasteiger partial charge in [-0.2, -0.15) is 8.78 Å². The average Bonchev–Trinajstić information content (AvgIpc) is 3.34. The summed E-state index contributed by atoms with van der Waals surface area (Å²) < 4.78 is 35.8. The molecule has 4 rings (SSSR count). The highest BCUT2D eigenvalue weighted by Crippen LogP contribution is 2.40. The van der Waals surface area contributed by atoms with E-state index in [4.69, 9.17) is 4.42 Å². The fourth-order valence-electron chi connectivity index (χ4n) is 4.05. The number of likely N-dealkylation sites (tertiary alicyclic amines) is 1. The number of carbonyl (C=O) groups excluding carboxylic acids is 1. The van der Waals surface area contributed by atoms with Gasteiger partial charge >= 0.3 is 12.6 Å². The molecule has 1 aromatic carbocycles. The van der Waals surface area contributed by atoms with E-state index < -0.39 is 12.6 Å². The molecule has 0 spiro atoms. The van der Waals surface area contributed by atoms with E-state index in [1.54, 1.807) is 29.2 Å². The molecule has 0 saturated carbocycles. The molecule has 33 heavy (non-hydrogen) atoms. The van der Waals surface area contributed by atoms with Gasteiger partial charge in [0.2, 0.25) is 5.91 Å². The molecule has 1 aliphatic heterocycles. The van der Waals surface area contributed by atoms with Crippen molar-refractivity contribution in [3.05, 3.63) is 78.3 Å². The Morgan fingerprint density at radius 1 is 1.30 bits per heavy atom. The second-order valence-corrected chi connectivity index (χ2v) is 7.64. The maximum Gasteiger partial charge on any atom is 0.387 e. The van der Waals surface area contributed by atoms with E-state index in [1.165, 1.54) is 18.5 Å². The summed E-state index contributed by atoms with van der Waals surface area (Å²) in [6.07, 6.45) is 3.15. The Morgan fingerprint density at radius 3 is 2.79 bits per heavy atom. The Morgan fingerprint density at radius 2 is 2.06 bits per heavy atom. The summed E-state index contributed by atoms with van der Waals surface area (Å²) in [5.74, 6) is -1.94. The van der Waals surface area contributed by atoms with Gasteiger partial charge < -0.3 is 19.2 Å². The van der Waals surface area contributed by atoms with Crippen LogP contribution in [0.15, 0.2) is 60.3 Å². The van der Waals surface area contributed by atoms with E-state index in [1.807, 2.05) is 0 Å². The number of fused-ring (bicyclic) bond motifs is 1. The molecule has 9 heteroatoms. The second-order valence-electron chi connectivity index (χ2n) is 7.64. The van der Waals surface area contributed by atoms with E-state index in [9.17, 15) is 23.5 Å². The number of halogens is 2. The first kappa shape index (κ1) is 22.2. The standard InChI is InChI=1S/C24H20F2N2O5/c1-13(21-18-10-27-8-7-19(18)33-22(21)14(2)32-24(25)26)16-9-20(29)28(12-16)11-15-5-3-4-6-17(15)23(30)31/h3-8,10,16,24H,1-2,9,11-12H2,(H,30,31). The highest BCUT2D eigenvalue weighted by atomic mass is 19.3. The predicted octanol–water partition coefficient (Wildman–Crippen LogP) is 4.80. The third-order valence-electron chi connectivity index (χ3n) is 5.61. The molecule has 0 aliphatic carbocycles. The molecule has 0 bridgehead atoms. The Labute approximate surface area is 187 Å². The molecule has 0 radical (unpaired) electrons. The summed E-state index contributed by atoms with van der Waals surface area (Å²) in [4.78, 5) is 29.9. The Hall–Kier alpha value is -4.01. The number of pyridine rings is 1. The highest BCUT2D eigenvalue weighted by Gasteiger charge is 2.35. The SMILES string of the molecule is C=C(OC(F)F)c1oc2ccncc2c1C(=C)C1CC(=O)N(Cc2ccccc2C(=O)O)C1. The summed E-state index contributed by atoms with van der Waals surface area (Å²) in [6.45, 7) is 5.01. The van der Waals surface area contributed by atoms with Crippen LogP contribution in [0, 0.1) is 5.92 Å². The average molecular weight is 454 g/mol. The molecule has 7 nitrogen and oxygen atoms in total. The molecule has 1 saturated heterocycles. The van der Waals surface area contributed by atoms with Crippen LogP contribution in [0.5, 0.6) is 0 Å². The number of benzene rings is 1. The molecular weight excluding hydrogens is 434 g/mol. The lowest BCUT2D eigenvalue weighted by Gasteiger charge is -2.19. The molecule has 1 amide bonds. The maximum absolute atomic E-state index is 12.8. The molecule has 1 atom stereocenters. The van der Waals surface area contributed by atoms with Crippen molar-refractivity contribution < 1.29 is 32.6 Å². The number of carboxylic acid groups (broad SMARTS) is 1. The van der Waals surface area contributed by atoms with Gasteiger partial charge in [0.05, 0.1) is 5.56 Å². The van der Waals surface area contributed by atoms with Crippen molar-refractivity contribution in [3.8, 4) is 0 Å². The third-order valence-corrected chi connectivity index (χ3v) is 5.61. The number of rotatable bonds is 8. The molecule has 3 heterocycles. The lowest BCUT2D eigenvalue weighted by Crippen LogP contribution is -2.25. The summed E-state index contributed by atoms with van der Waals surface area (Å²) in [5.41, 5.74) is 1.95. The van der Waals surface area contributed by atoms with Gasteiger partial charge in [0.15, 0.2) is 11.5 Å². The first-order valence-electron chi connectivity index (χ1n) is 10.0. The van der Waals surface area contributed by atoms with Crippen LogP contribution in [0.25, 0.3) is 22.3 Å². The quantitative estimate of drug-likeness (QED) is 0.492. The molecule has 3 aromatic rings. The van der Waals surface area contributed by atoms with Crippen molar-refractivity contribution in [2.24, 2.45) is 5.92 Å². The molecule has 1 fully saturated rings. The van der Waals surface area contributed by atoms with Crippen molar-refractivity contribution in [3.63, 3.8) is 0 Å². The van der Waals surface area contributed by atoms with Crippen molar-refractivity contribution in [1.82, 2.24) is 9.88 Å². The zero-order chi connectivity index (χ0) is 23.7. The second kappa shape index (κ2) is 8.85. The van der Waals surface area contributed by atoms with Crippen LogP contribution < -0.4 is 0 Å². The maximum atomic E-state index is 12.8. The number of amides is 1. The highest BCUT2D eigenvalue weighted by molar-refractivity contribution is 5.96. The number of carboxylic acids is 1. The van der Waals surface area contributed by atoms with E-state index in [0.29, 0.717) is 27.7 Å². The number of nitrogens with zero attached hydrogens (tertiary/aromatic N) is 2. The summed E-state index contributed by atoms with van der Waals surface area (Å²) in [7, 11) is 0. The van der Waals surface area contributed by atoms with Gasteiger partial charge in [0, 0.05) is 48.8 Å². The molecular formula is C24H20F2N2O5. The largest absolute Gasteiger partial charge is 0.478 e. The number of furan rings is 1. The monoisotopic (exact) mass is 454 g/mol. The number of aromatic carboxylic acids is 1. The normalized spacial score (nSPS) is 15.9. The van der Waals surface area contributed by atoms with Crippen LogP contribution in [-0.4, -0.2) is 40.0 Å². The Balaban J connectivity index is 1.63. The molecule has 1 aliphatic rings. The van der Waals surface area contributed by atoms with Gasteiger partial charge in [-0.25, -0.2) is 4.79 Å². The number of aromatic nitrogens is 1. The zero-order valence-corrected chi connectivity index (χ0v) is 17.5. The van der Waals surface area contributed by atoms with E-state index >= 15 is 0 Å². The summed E-state index contributed by atoms with van der Waals surface area (Å²) >= 11 is 0. The van der Waals surface area contributed by atoms with E-state index in [-0.39, 0.29) is 48.4 Å². The minimum Gasteiger partial charge on any atom is -0.478 e. The fourth-order valence-corrected chi connectivity index (χ4v) is 4.05. The predicted molar refractivity (Wildman–Crippen MR) is 116 cm³/mol. The first-order chi connectivity index (χ1) is 15.8. The summed E-state index contributed by atoms with van der Waals surface area (Å²) in [5, 5.41) is 9.95. The number of alkyl halides is 2. The van der Waals surface area contributed by atoms with Crippen molar-refractivity contribution in [2.75, 3.05) is 6.54 Å². The van der Waals surface area contributed by atoms with Gasteiger partial charge in [-0.1, -0.05) is 31.4 Å². The van der Waals surface area contributed by atoms with Gasteiger partial charge in [-0.15, -0.1) is 0 Å². The van der Waals surface area contributed by atoms with Crippen LogP contribution in [-0.2, 0) is 16.1 Å². The molecule has 2 aromatic heterocycles. The van der Waals surface area contributed by atoms with Crippen LogP contribution >= 0.6 is 0 Å². The Kier molecular flexibility index (Phi) is 5.95. The van der Waals surface area contributed by atoms with Crippen LogP contribution in [0.1, 0.15) is 33.7 Å². The van der Waals surface area contributed by atoms with E-state index in [2.05, 4.69) is 22.9 Å². The molecule has 1 N–H and O–H groups in total. The number of carbonyl (C=O) groups is 2. The van der Waals surface area contributed by atoms with Gasteiger partial charge in [-0.3, -0.25) is 9.78 Å². The van der Waals surface area contributed by atoms with E-state index in [0.717, 1.165) is 0 Å². The minimum atomic E-state index is -3.08. The number of hydrogen-bond donors (Lipinski definition) is 1. The van der Waals surface area contributed by atoms with Crippen molar-refractivity contribution in [2.45, 2.75) is 19.6 Å². The van der Waals surface area contributed by atoms with Crippen LogP contribution in [0.2, 0.25) is 0 Å². The van der Waals surface area contributed by atoms with Gasteiger partial charge in [0.1, 0.15) is 5.58 Å². The summed E-state index contributed by atoms with van der Waals surface area (Å²) in [6, 6.07) is 8.07. The first-order valence-corrected chi connectivity index (χ1v) is 10.0. The topological polar surface area (TPSA) is 92.9 Å². The smallest absolute Gasteiger partial charge is 0.387 e.